The molecule has 2 rings (SSSR count). The molecule has 0 spiro atoms. The quantitative estimate of drug-likeness (QED) is 0.441. The van der Waals surface area contributed by atoms with Gasteiger partial charge in [0.15, 0.2) is 6.29 Å². The van der Waals surface area contributed by atoms with Crippen LogP contribution in [0.2, 0.25) is 0 Å². The number of hydrogen-bond donors (Lipinski definition) is 0. The molecule has 3 atom stereocenters. The molecule has 0 radical (unpaired) electrons. The Bertz CT molecular complexity index is 457. The fraction of sp³-hybridized carbons (Fsp3) is 0.727. The standard InChI is InChI=1S/C22H36O3/c1-4-6-8-9-10-11-20-17-24-22(25-18(20)3)19-12-14-21(15-13-19)23-16-7-5-2/h12-15,18,20,22H,4-11,16-17H2,1-3H3. The lowest BCUT2D eigenvalue weighted by Crippen LogP contribution is -2.34. The molecule has 1 fully saturated rings. The Morgan fingerprint density at radius 3 is 2.36 bits per heavy atom. The van der Waals surface area contributed by atoms with Crippen molar-refractivity contribution >= 4 is 0 Å². The molecule has 1 aliphatic heterocycles. The van der Waals surface area contributed by atoms with Crippen molar-refractivity contribution in [3.63, 3.8) is 0 Å². The number of unbranched alkanes of at least 4 members (excludes halogenated alkanes) is 5. The van der Waals surface area contributed by atoms with Crippen LogP contribution in [-0.4, -0.2) is 19.3 Å². The van der Waals surface area contributed by atoms with Gasteiger partial charge >= 0.3 is 0 Å². The highest BCUT2D eigenvalue weighted by atomic mass is 16.7. The molecule has 1 aliphatic rings. The second-order valence-corrected chi connectivity index (χ2v) is 7.24. The second kappa shape index (κ2) is 11.5. The average molecular weight is 349 g/mol. The van der Waals surface area contributed by atoms with Gasteiger partial charge in [-0.1, -0.05) is 64.5 Å². The van der Waals surface area contributed by atoms with Gasteiger partial charge in [-0.2, -0.15) is 0 Å². The fourth-order valence-electron chi connectivity index (χ4n) is 3.25. The van der Waals surface area contributed by atoms with Crippen molar-refractivity contribution in [1.29, 1.82) is 0 Å². The van der Waals surface area contributed by atoms with Crippen molar-refractivity contribution in [2.75, 3.05) is 13.2 Å². The predicted molar refractivity (Wildman–Crippen MR) is 103 cm³/mol. The third kappa shape index (κ3) is 6.99. The van der Waals surface area contributed by atoms with E-state index in [9.17, 15) is 0 Å². The van der Waals surface area contributed by atoms with Crippen molar-refractivity contribution < 1.29 is 14.2 Å². The summed E-state index contributed by atoms with van der Waals surface area (Å²) in [6, 6.07) is 8.15. The summed E-state index contributed by atoms with van der Waals surface area (Å²) in [6.45, 7) is 8.20. The Hall–Kier alpha value is -1.06. The Kier molecular flexibility index (Phi) is 9.35. The third-order valence-electron chi connectivity index (χ3n) is 5.06. The highest BCUT2D eigenvalue weighted by molar-refractivity contribution is 5.28. The molecule has 3 heteroatoms. The molecule has 0 N–H and O–H groups in total. The Morgan fingerprint density at radius 2 is 1.68 bits per heavy atom. The molecule has 0 bridgehead atoms. The van der Waals surface area contributed by atoms with Gasteiger partial charge in [0.25, 0.3) is 0 Å². The van der Waals surface area contributed by atoms with E-state index in [0.717, 1.165) is 37.4 Å². The maximum atomic E-state index is 6.14. The lowest BCUT2D eigenvalue weighted by atomic mass is 9.95. The zero-order valence-corrected chi connectivity index (χ0v) is 16.3. The van der Waals surface area contributed by atoms with Gasteiger partial charge in [0, 0.05) is 11.5 Å². The van der Waals surface area contributed by atoms with Gasteiger partial charge in [-0.05, 0) is 31.9 Å². The Balaban J connectivity index is 1.74. The lowest BCUT2D eigenvalue weighted by Gasteiger charge is -2.35. The zero-order valence-electron chi connectivity index (χ0n) is 16.3. The average Bonchev–Trinajstić information content (AvgIpc) is 2.63. The number of rotatable bonds is 11. The molecule has 3 unspecified atom stereocenters. The first-order chi connectivity index (χ1) is 12.2. The SMILES string of the molecule is CCCCCCCC1COC(c2ccc(OCCCC)cc2)OC1C. The van der Waals surface area contributed by atoms with Crippen LogP contribution in [0.15, 0.2) is 24.3 Å². The molecular formula is C22H36O3. The molecule has 1 aromatic carbocycles. The van der Waals surface area contributed by atoms with E-state index < -0.39 is 0 Å². The minimum absolute atomic E-state index is 0.240. The summed E-state index contributed by atoms with van der Waals surface area (Å²) in [5.74, 6) is 1.44. The van der Waals surface area contributed by atoms with E-state index in [2.05, 4.69) is 32.9 Å². The third-order valence-corrected chi connectivity index (χ3v) is 5.06. The van der Waals surface area contributed by atoms with Crippen molar-refractivity contribution in [2.24, 2.45) is 5.92 Å². The van der Waals surface area contributed by atoms with Crippen LogP contribution < -0.4 is 4.74 Å². The number of hydrogen-bond acceptors (Lipinski definition) is 3. The topological polar surface area (TPSA) is 27.7 Å². The van der Waals surface area contributed by atoms with Crippen LogP contribution >= 0.6 is 0 Å². The summed E-state index contributed by atoms with van der Waals surface area (Å²) in [5.41, 5.74) is 1.08. The minimum Gasteiger partial charge on any atom is -0.494 e. The second-order valence-electron chi connectivity index (χ2n) is 7.24. The smallest absolute Gasteiger partial charge is 0.184 e. The first kappa shape index (κ1) is 20.3. The van der Waals surface area contributed by atoms with E-state index in [1.165, 1.54) is 38.5 Å². The maximum absolute atomic E-state index is 6.14. The van der Waals surface area contributed by atoms with Gasteiger partial charge in [0.2, 0.25) is 0 Å². The van der Waals surface area contributed by atoms with Crippen LogP contribution in [-0.2, 0) is 9.47 Å². The first-order valence-electron chi connectivity index (χ1n) is 10.2. The summed E-state index contributed by atoms with van der Waals surface area (Å²) < 4.78 is 17.9. The van der Waals surface area contributed by atoms with E-state index >= 15 is 0 Å². The largest absolute Gasteiger partial charge is 0.494 e. The predicted octanol–water partition coefficient (Wildman–Crippen LogP) is 6.28. The molecule has 0 aromatic heterocycles. The van der Waals surface area contributed by atoms with Gasteiger partial charge in [-0.25, -0.2) is 0 Å². The highest BCUT2D eigenvalue weighted by Crippen LogP contribution is 2.32. The monoisotopic (exact) mass is 348 g/mol. The molecular weight excluding hydrogens is 312 g/mol. The van der Waals surface area contributed by atoms with Crippen LogP contribution in [0.5, 0.6) is 5.75 Å². The van der Waals surface area contributed by atoms with Crippen molar-refractivity contribution in [3.8, 4) is 5.75 Å². The summed E-state index contributed by atoms with van der Waals surface area (Å²) in [4.78, 5) is 0. The lowest BCUT2D eigenvalue weighted by molar-refractivity contribution is -0.237. The molecule has 1 heterocycles. The molecule has 0 aliphatic carbocycles. The fourth-order valence-corrected chi connectivity index (χ4v) is 3.25. The van der Waals surface area contributed by atoms with Gasteiger partial charge in [0.1, 0.15) is 5.75 Å². The van der Waals surface area contributed by atoms with Crippen molar-refractivity contribution in [2.45, 2.75) is 84.5 Å². The maximum Gasteiger partial charge on any atom is 0.184 e. The van der Waals surface area contributed by atoms with Crippen LogP contribution in [0, 0.1) is 5.92 Å². The first-order valence-corrected chi connectivity index (χ1v) is 10.2. The Morgan fingerprint density at radius 1 is 0.960 bits per heavy atom. The minimum atomic E-state index is -0.240. The molecule has 0 saturated carbocycles. The molecule has 1 saturated heterocycles. The molecule has 25 heavy (non-hydrogen) atoms. The van der Waals surface area contributed by atoms with E-state index in [0.29, 0.717) is 5.92 Å². The van der Waals surface area contributed by atoms with E-state index in [1.54, 1.807) is 0 Å². The van der Waals surface area contributed by atoms with Crippen LogP contribution in [0.4, 0.5) is 0 Å². The van der Waals surface area contributed by atoms with E-state index in [4.69, 9.17) is 14.2 Å². The molecule has 3 nitrogen and oxygen atoms in total. The number of benzene rings is 1. The summed E-state index contributed by atoms with van der Waals surface area (Å²) in [5, 5.41) is 0. The van der Waals surface area contributed by atoms with Gasteiger partial charge in [-0.15, -0.1) is 0 Å². The highest BCUT2D eigenvalue weighted by Gasteiger charge is 2.29. The van der Waals surface area contributed by atoms with Gasteiger partial charge in [0.05, 0.1) is 19.3 Å². The summed E-state index contributed by atoms with van der Waals surface area (Å²) in [6.07, 6.45) is 10.1. The van der Waals surface area contributed by atoms with Gasteiger partial charge in [-0.3, -0.25) is 0 Å². The zero-order chi connectivity index (χ0) is 17.9. The summed E-state index contributed by atoms with van der Waals surface area (Å²) >= 11 is 0. The normalized spacial score (nSPS) is 23.6. The van der Waals surface area contributed by atoms with Crippen LogP contribution in [0.1, 0.15) is 84.0 Å². The summed E-state index contributed by atoms with van der Waals surface area (Å²) in [7, 11) is 0. The molecule has 142 valence electrons. The molecule has 0 amide bonds. The van der Waals surface area contributed by atoms with E-state index in [1.807, 2.05) is 12.1 Å². The van der Waals surface area contributed by atoms with Crippen molar-refractivity contribution in [1.82, 2.24) is 0 Å². The van der Waals surface area contributed by atoms with Gasteiger partial charge < -0.3 is 14.2 Å². The van der Waals surface area contributed by atoms with E-state index in [-0.39, 0.29) is 12.4 Å². The van der Waals surface area contributed by atoms with Crippen LogP contribution in [0.25, 0.3) is 0 Å². The number of ether oxygens (including phenoxy) is 3. The van der Waals surface area contributed by atoms with Crippen LogP contribution in [0.3, 0.4) is 0 Å². The van der Waals surface area contributed by atoms with Crippen molar-refractivity contribution in [3.05, 3.63) is 29.8 Å². The Labute approximate surface area is 154 Å². The molecule has 1 aromatic rings.